The smallest absolute Gasteiger partial charge is 0.282 e. The zero-order chi connectivity index (χ0) is 24.4. The molecule has 0 saturated heterocycles. The van der Waals surface area contributed by atoms with E-state index in [0.717, 1.165) is 17.0 Å². The molecule has 2 heterocycles. The van der Waals surface area contributed by atoms with Crippen LogP contribution in [0.25, 0.3) is 5.82 Å². The summed E-state index contributed by atoms with van der Waals surface area (Å²) in [6, 6.07) is 14.1. The molecule has 0 spiro atoms. The zero-order valence-electron chi connectivity index (χ0n) is 19.1. The second-order valence-electron chi connectivity index (χ2n) is 7.67. The predicted octanol–water partition coefficient (Wildman–Crippen LogP) is 4.85. The van der Waals surface area contributed by atoms with E-state index in [2.05, 4.69) is 20.4 Å². The molecule has 0 bridgehead atoms. The number of anilines is 1. The first kappa shape index (κ1) is 22.6. The Hall–Kier alpha value is -4.60. The molecule has 172 valence electrons. The molecule has 1 N–H and O–H groups in total. The number of amides is 1. The van der Waals surface area contributed by atoms with E-state index in [4.69, 9.17) is 4.74 Å². The van der Waals surface area contributed by atoms with E-state index >= 15 is 0 Å². The number of para-hydroxylation sites is 1. The van der Waals surface area contributed by atoms with Gasteiger partial charge in [-0.05, 0) is 63.6 Å². The van der Waals surface area contributed by atoms with E-state index < -0.39 is 10.8 Å². The SMILES string of the molecule is Cc1nc(Oc2ccc(NC(=O)c3ccccc3[N+](=O)[O-])cc2)cc(-n2nc(C)c(C)c2C)n1. The summed E-state index contributed by atoms with van der Waals surface area (Å²) in [4.78, 5) is 31.9. The van der Waals surface area contributed by atoms with Crippen LogP contribution < -0.4 is 10.1 Å². The minimum Gasteiger partial charge on any atom is -0.439 e. The van der Waals surface area contributed by atoms with Crippen molar-refractivity contribution in [3.63, 3.8) is 0 Å². The summed E-state index contributed by atoms with van der Waals surface area (Å²) in [5.41, 5.74) is 3.20. The van der Waals surface area contributed by atoms with Gasteiger partial charge in [-0.1, -0.05) is 12.1 Å². The highest BCUT2D eigenvalue weighted by Crippen LogP contribution is 2.25. The van der Waals surface area contributed by atoms with E-state index in [1.54, 1.807) is 48.0 Å². The summed E-state index contributed by atoms with van der Waals surface area (Å²) < 4.78 is 7.66. The van der Waals surface area contributed by atoms with Crippen molar-refractivity contribution in [1.29, 1.82) is 0 Å². The fourth-order valence-electron chi connectivity index (χ4n) is 3.38. The molecule has 0 atom stereocenters. The lowest BCUT2D eigenvalue weighted by Gasteiger charge is -2.10. The first-order valence-corrected chi connectivity index (χ1v) is 10.4. The number of hydrogen-bond donors (Lipinski definition) is 1. The molecule has 0 saturated carbocycles. The Labute approximate surface area is 195 Å². The van der Waals surface area contributed by atoms with Crippen LogP contribution in [0.15, 0.2) is 54.6 Å². The quantitative estimate of drug-likeness (QED) is 0.323. The van der Waals surface area contributed by atoms with Crippen LogP contribution >= 0.6 is 0 Å². The van der Waals surface area contributed by atoms with Crippen molar-refractivity contribution < 1.29 is 14.5 Å². The highest BCUT2D eigenvalue weighted by atomic mass is 16.6. The van der Waals surface area contributed by atoms with E-state index in [9.17, 15) is 14.9 Å². The van der Waals surface area contributed by atoms with Crippen molar-refractivity contribution in [2.45, 2.75) is 27.7 Å². The van der Waals surface area contributed by atoms with Crippen molar-refractivity contribution in [1.82, 2.24) is 19.7 Å². The van der Waals surface area contributed by atoms with Crippen molar-refractivity contribution in [2.24, 2.45) is 0 Å². The normalized spacial score (nSPS) is 10.7. The topological polar surface area (TPSA) is 125 Å². The summed E-state index contributed by atoms with van der Waals surface area (Å²) in [5.74, 6) is 1.41. The maximum absolute atomic E-state index is 12.5. The third-order valence-electron chi connectivity index (χ3n) is 5.35. The highest BCUT2D eigenvalue weighted by Gasteiger charge is 2.19. The van der Waals surface area contributed by atoms with Gasteiger partial charge in [-0.3, -0.25) is 14.9 Å². The molecule has 4 rings (SSSR count). The Morgan fingerprint density at radius 1 is 1.03 bits per heavy atom. The number of aromatic nitrogens is 4. The molecule has 0 fully saturated rings. The zero-order valence-corrected chi connectivity index (χ0v) is 19.1. The van der Waals surface area contributed by atoms with Gasteiger partial charge >= 0.3 is 0 Å². The second kappa shape index (κ2) is 9.10. The summed E-state index contributed by atoms with van der Waals surface area (Å²) >= 11 is 0. The Kier molecular flexibility index (Phi) is 6.05. The molecule has 0 radical (unpaired) electrons. The van der Waals surface area contributed by atoms with Gasteiger partial charge in [-0.25, -0.2) is 9.67 Å². The lowest BCUT2D eigenvalue weighted by molar-refractivity contribution is -0.385. The number of nitro groups is 1. The molecule has 0 aliphatic rings. The number of hydrogen-bond acceptors (Lipinski definition) is 7. The fourth-order valence-corrected chi connectivity index (χ4v) is 3.38. The van der Waals surface area contributed by atoms with Crippen molar-refractivity contribution >= 4 is 17.3 Å². The molecule has 10 heteroatoms. The van der Waals surface area contributed by atoms with Crippen molar-refractivity contribution in [3.05, 3.63) is 93.1 Å². The van der Waals surface area contributed by atoms with Gasteiger partial charge in [-0.2, -0.15) is 10.1 Å². The van der Waals surface area contributed by atoms with E-state index in [-0.39, 0.29) is 11.3 Å². The third kappa shape index (κ3) is 4.60. The molecular weight excluding hydrogens is 436 g/mol. The number of nitrogens with zero attached hydrogens (tertiary/aromatic N) is 5. The van der Waals surface area contributed by atoms with E-state index in [0.29, 0.717) is 29.0 Å². The first-order valence-electron chi connectivity index (χ1n) is 10.4. The van der Waals surface area contributed by atoms with Gasteiger partial charge in [-0.15, -0.1) is 0 Å². The minimum absolute atomic E-state index is 0.0174. The first-order chi connectivity index (χ1) is 16.2. The largest absolute Gasteiger partial charge is 0.439 e. The van der Waals surface area contributed by atoms with Crippen LogP contribution in [0.2, 0.25) is 0 Å². The van der Waals surface area contributed by atoms with Crippen LogP contribution in [0.3, 0.4) is 0 Å². The lowest BCUT2D eigenvalue weighted by atomic mass is 10.1. The lowest BCUT2D eigenvalue weighted by Crippen LogP contribution is -2.13. The highest BCUT2D eigenvalue weighted by molar-refractivity contribution is 6.07. The van der Waals surface area contributed by atoms with Crippen LogP contribution in [0.1, 0.15) is 33.1 Å². The van der Waals surface area contributed by atoms with Gasteiger partial charge in [0.15, 0.2) is 5.82 Å². The number of carbonyl (C=O) groups is 1. The summed E-state index contributed by atoms with van der Waals surface area (Å²) in [7, 11) is 0. The molecular formula is C24H22N6O4. The van der Waals surface area contributed by atoms with Crippen LogP contribution in [0.5, 0.6) is 11.6 Å². The summed E-state index contributed by atoms with van der Waals surface area (Å²) in [6.45, 7) is 7.71. The molecule has 0 aliphatic carbocycles. The van der Waals surface area contributed by atoms with Crippen LogP contribution in [-0.2, 0) is 0 Å². The minimum atomic E-state index is -0.586. The predicted molar refractivity (Wildman–Crippen MR) is 126 cm³/mol. The van der Waals surface area contributed by atoms with Crippen molar-refractivity contribution in [2.75, 3.05) is 5.32 Å². The second-order valence-corrected chi connectivity index (χ2v) is 7.67. The van der Waals surface area contributed by atoms with Gasteiger partial charge in [0.2, 0.25) is 5.88 Å². The molecule has 0 aliphatic heterocycles. The Bertz CT molecular complexity index is 1400. The maximum Gasteiger partial charge on any atom is 0.282 e. The number of rotatable bonds is 6. The van der Waals surface area contributed by atoms with E-state index in [1.165, 1.54) is 18.2 Å². The summed E-state index contributed by atoms with van der Waals surface area (Å²) in [6.07, 6.45) is 0. The Morgan fingerprint density at radius 3 is 2.38 bits per heavy atom. The molecule has 4 aromatic rings. The van der Waals surface area contributed by atoms with Gasteiger partial charge < -0.3 is 10.1 Å². The Balaban J connectivity index is 1.51. The average Bonchev–Trinajstić information content (AvgIpc) is 3.07. The fraction of sp³-hybridized carbons (Fsp3) is 0.167. The molecule has 10 nitrogen and oxygen atoms in total. The van der Waals surface area contributed by atoms with E-state index in [1.807, 2.05) is 20.8 Å². The number of benzene rings is 2. The van der Waals surface area contributed by atoms with Gasteiger partial charge in [0.1, 0.15) is 17.1 Å². The third-order valence-corrected chi connectivity index (χ3v) is 5.35. The Morgan fingerprint density at radius 2 is 1.74 bits per heavy atom. The number of nitro benzene ring substituents is 1. The number of nitrogens with one attached hydrogen (secondary N) is 1. The maximum atomic E-state index is 12.5. The number of carbonyl (C=O) groups excluding carboxylic acids is 1. The van der Waals surface area contributed by atoms with Crippen LogP contribution in [-0.4, -0.2) is 30.6 Å². The number of aryl methyl sites for hydroxylation is 2. The summed E-state index contributed by atoms with van der Waals surface area (Å²) in [5, 5.41) is 18.4. The molecule has 34 heavy (non-hydrogen) atoms. The van der Waals surface area contributed by atoms with Crippen molar-refractivity contribution in [3.8, 4) is 17.4 Å². The number of ether oxygens (including phenoxy) is 1. The average molecular weight is 458 g/mol. The van der Waals surface area contributed by atoms with Gasteiger partial charge in [0, 0.05) is 23.5 Å². The molecule has 1 amide bonds. The van der Waals surface area contributed by atoms with Crippen LogP contribution in [0.4, 0.5) is 11.4 Å². The van der Waals surface area contributed by atoms with Gasteiger partial charge in [0.25, 0.3) is 11.6 Å². The monoisotopic (exact) mass is 458 g/mol. The molecule has 0 unspecified atom stereocenters. The standard InChI is InChI=1S/C24H22N6O4/c1-14-15(2)28-29(16(14)3)22-13-23(26-17(4)25-22)34-19-11-9-18(10-12-19)27-24(31)20-7-5-6-8-21(20)30(32)33/h5-13H,1-4H3,(H,27,31). The van der Waals surface area contributed by atoms with Gasteiger partial charge in [0.05, 0.1) is 10.6 Å². The molecule has 2 aromatic carbocycles. The van der Waals surface area contributed by atoms with Crippen LogP contribution in [0, 0.1) is 37.8 Å². The molecule has 2 aromatic heterocycles.